The second-order valence-electron chi connectivity index (χ2n) is 5.08. The van der Waals surface area contributed by atoms with Gasteiger partial charge in [-0.2, -0.15) is 0 Å². The van der Waals surface area contributed by atoms with Gasteiger partial charge in [0.1, 0.15) is 0 Å². The number of carbonyl (C=O) groups excluding carboxylic acids is 1. The molecule has 2 atom stereocenters. The number of nitrogens with one attached hydrogen (secondary N) is 1. The Kier molecular flexibility index (Phi) is 4.25. The Morgan fingerprint density at radius 2 is 1.89 bits per heavy atom. The molecule has 98 valence electrons. The van der Waals surface area contributed by atoms with Crippen LogP contribution in [-0.4, -0.2) is 37.0 Å². The molecule has 0 spiro atoms. The highest BCUT2D eigenvalue weighted by molar-refractivity contribution is 5.94. The highest BCUT2D eigenvalue weighted by Crippen LogP contribution is 2.27. The van der Waals surface area contributed by atoms with Gasteiger partial charge in [0.15, 0.2) is 0 Å². The molecule has 0 saturated carbocycles. The first-order valence-electron chi connectivity index (χ1n) is 6.39. The predicted molar refractivity (Wildman–Crippen MR) is 74.1 cm³/mol. The Labute approximate surface area is 114 Å². The highest BCUT2D eigenvalue weighted by Gasteiger charge is 2.34. The minimum Gasteiger partial charge on any atom is -0.338 e. The van der Waals surface area contributed by atoms with Crippen LogP contribution in [0.25, 0.3) is 0 Å². The predicted octanol–water partition coefficient (Wildman–Crippen LogP) is 1.79. The topological polar surface area (TPSA) is 32.3 Å². The zero-order valence-corrected chi connectivity index (χ0v) is 11.2. The summed E-state index contributed by atoms with van der Waals surface area (Å²) in [6.45, 7) is 4.04. The van der Waals surface area contributed by atoms with Gasteiger partial charge in [-0.05, 0) is 43.5 Å². The van der Waals surface area contributed by atoms with Crippen molar-refractivity contribution < 1.29 is 4.79 Å². The first-order chi connectivity index (χ1) is 8.34. The van der Waals surface area contributed by atoms with Gasteiger partial charge in [0.05, 0.1) is 0 Å². The van der Waals surface area contributed by atoms with Crippen LogP contribution in [0.15, 0.2) is 30.3 Å². The third-order valence-corrected chi connectivity index (χ3v) is 4.01. The summed E-state index contributed by atoms with van der Waals surface area (Å²) in [5.41, 5.74) is 0.817. The fourth-order valence-corrected chi connectivity index (χ4v) is 2.98. The molecule has 4 heteroatoms. The van der Waals surface area contributed by atoms with E-state index in [1.807, 2.05) is 35.2 Å². The average molecular weight is 267 g/mol. The fourth-order valence-electron chi connectivity index (χ4n) is 2.98. The molecule has 0 aliphatic carbocycles. The Morgan fingerprint density at radius 1 is 1.17 bits per heavy atom. The van der Waals surface area contributed by atoms with E-state index in [0.29, 0.717) is 5.92 Å². The quantitative estimate of drug-likeness (QED) is 0.841. The van der Waals surface area contributed by atoms with Crippen molar-refractivity contribution in [3.05, 3.63) is 35.9 Å². The molecule has 2 heterocycles. The molecule has 1 amide bonds. The Balaban J connectivity index is 0.00000120. The first kappa shape index (κ1) is 13.4. The fraction of sp³-hybridized carbons (Fsp3) is 0.500. The summed E-state index contributed by atoms with van der Waals surface area (Å²) in [6.07, 6.45) is 1.15. The van der Waals surface area contributed by atoms with Crippen LogP contribution >= 0.6 is 12.4 Å². The number of piperidine rings is 1. The van der Waals surface area contributed by atoms with E-state index in [2.05, 4.69) is 5.32 Å². The van der Waals surface area contributed by atoms with Crippen LogP contribution < -0.4 is 5.32 Å². The summed E-state index contributed by atoms with van der Waals surface area (Å²) in [5.74, 6) is 1.64. The highest BCUT2D eigenvalue weighted by atomic mass is 35.5. The maximum Gasteiger partial charge on any atom is 0.253 e. The Hall–Kier alpha value is -1.06. The number of hydrogen-bond donors (Lipinski definition) is 1. The lowest BCUT2D eigenvalue weighted by molar-refractivity contribution is 0.0642. The standard InChI is InChI=1S/C14H18N2O.ClH/c17-14(11-4-2-1-3-5-11)16-7-6-12-8-15-9-13(12)10-16;/h1-5,12-13,15H,6-10H2;1H. The molecule has 0 bridgehead atoms. The third kappa shape index (κ3) is 2.52. The Morgan fingerprint density at radius 3 is 2.67 bits per heavy atom. The lowest BCUT2D eigenvalue weighted by Crippen LogP contribution is -2.43. The summed E-state index contributed by atoms with van der Waals surface area (Å²) < 4.78 is 0. The molecule has 2 saturated heterocycles. The van der Waals surface area contributed by atoms with E-state index in [4.69, 9.17) is 0 Å². The second-order valence-corrected chi connectivity index (χ2v) is 5.08. The summed E-state index contributed by atoms with van der Waals surface area (Å²) in [4.78, 5) is 14.3. The summed E-state index contributed by atoms with van der Waals surface area (Å²) in [7, 11) is 0. The average Bonchev–Trinajstić information content (AvgIpc) is 2.86. The molecule has 2 aliphatic heterocycles. The zero-order chi connectivity index (χ0) is 11.7. The zero-order valence-electron chi connectivity index (χ0n) is 10.3. The molecule has 3 nitrogen and oxygen atoms in total. The van der Waals surface area contributed by atoms with Crippen molar-refractivity contribution in [3.63, 3.8) is 0 Å². The maximum atomic E-state index is 12.3. The largest absolute Gasteiger partial charge is 0.338 e. The first-order valence-corrected chi connectivity index (χ1v) is 6.39. The Bertz CT molecular complexity index is 410. The van der Waals surface area contributed by atoms with Crippen LogP contribution in [0.5, 0.6) is 0 Å². The van der Waals surface area contributed by atoms with E-state index in [0.717, 1.165) is 44.1 Å². The van der Waals surface area contributed by atoms with Gasteiger partial charge >= 0.3 is 0 Å². The van der Waals surface area contributed by atoms with E-state index in [1.165, 1.54) is 0 Å². The summed E-state index contributed by atoms with van der Waals surface area (Å²) in [6, 6.07) is 9.61. The second kappa shape index (κ2) is 5.72. The number of likely N-dealkylation sites (tertiary alicyclic amines) is 1. The van der Waals surface area contributed by atoms with Crippen molar-refractivity contribution in [3.8, 4) is 0 Å². The van der Waals surface area contributed by atoms with Crippen LogP contribution in [-0.2, 0) is 0 Å². The van der Waals surface area contributed by atoms with Crippen LogP contribution in [0.4, 0.5) is 0 Å². The van der Waals surface area contributed by atoms with Gasteiger partial charge in [-0.3, -0.25) is 4.79 Å². The normalized spacial score (nSPS) is 26.3. The molecular formula is C14H19ClN2O. The number of rotatable bonds is 1. The van der Waals surface area contributed by atoms with Crippen LogP contribution in [0.3, 0.4) is 0 Å². The molecule has 2 aliphatic rings. The van der Waals surface area contributed by atoms with Gasteiger partial charge in [0.25, 0.3) is 5.91 Å². The van der Waals surface area contributed by atoms with Crippen molar-refractivity contribution in [1.82, 2.24) is 10.2 Å². The molecule has 1 aromatic carbocycles. The molecule has 0 radical (unpaired) electrons. The molecule has 2 fully saturated rings. The van der Waals surface area contributed by atoms with Crippen molar-refractivity contribution in [2.24, 2.45) is 11.8 Å². The molecule has 3 rings (SSSR count). The van der Waals surface area contributed by atoms with Crippen LogP contribution in [0.1, 0.15) is 16.8 Å². The maximum absolute atomic E-state index is 12.3. The molecular weight excluding hydrogens is 248 g/mol. The number of halogens is 1. The minimum absolute atomic E-state index is 0. The van der Waals surface area contributed by atoms with Gasteiger partial charge in [-0.15, -0.1) is 12.4 Å². The van der Waals surface area contributed by atoms with Gasteiger partial charge < -0.3 is 10.2 Å². The third-order valence-electron chi connectivity index (χ3n) is 4.01. The van der Waals surface area contributed by atoms with E-state index in [9.17, 15) is 4.79 Å². The van der Waals surface area contributed by atoms with Crippen molar-refractivity contribution >= 4 is 18.3 Å². The van der Waals surface area contributed by atoms with Crippen LogP contribution in [0.2, 0.25) is 0 Å². The van der Waals surface area contributed by atoms with E-state index in [-0.39, 0.29) is 18.3 Å². The van der Waals surface area contributed by atoms with Crippen LogP contribution in [0, 0.1) is 11.8 Å². The van der Waals surface area contributed by atoms with Crippen molar-refractivity contribution in [1.29, 1.82) is 0 Å². The number of carbonyl (C=O) groups is 1. The van der Waals surface area contributed by atoms with E-state index < -0.39 is 0 Å². The summed E-state index contributed by atoms with van der Waals surface area (Å²) in [5, 5.41) is 3.43. The van der Waals surface area contributed by atoms with Gasteiger partial charge in [0.2, 0.25) is 0 Å². The SMILES string of the molecule is Cl.O=C(c1ccccc1)N1CCC2CNCC2C1. The lowest BCUT2D eigenvalue weighted by Gasteiger charge is -2.34. The van der Waals surface area contributed by atoms with Crippen molar-refractivity contribution in [2.75, 3.05) is 26.2 Å². The summed E-state index contributed by atoms with van der Waals surface area (Å²) >= 11 is 0. The van der Waals surface area contributed by atoms with Gasteiger partial charge in [0, 0.05) is 18.7 Å². The van der Waals surface area contributed by atoms with Crippen molar-refractivity contribution in [2.45, 2.75) is 6.42 Å². The minimum atomic E-state index is 0. The number of benzene rings is 1. The number of amides is 1. The number of fused-ring (bicyclic) bond motifs is 1. The monoisotopic (exact) mass is 266 g/mol. The molecule has 18 heavy (non-hydrogen) atoms. The molecule has 0 aromatic heterocycles. The van der Waals surface area contributed by atoms with E-state index in [1.54, 1.807) is 0 Å². The molecule has 1 aromatic rings. The molecule has 2 unspecified atom stereocenters. The van der Waals surface area contributed by atoms with Gasteiger partial charge in [-0.1, -0.05) is 18.2 Å². The van der Waals surface area contributed by atoms with E-state index >= 15 is 0 Å². The number of hydrogen-bond acceptors (Lipinski definition) is 2. The smallest absolute Gasteiger partial charge is 0.253 e. The number of nitrogens with zero attached hydrogens (tertiary/aromatic N) is 1. The lowest BCUT2D eigenvalue weighted by atomic mass is 9.88. The van der Waals surface area contributed by atoms with Gasteiger partial charge in [-0.25, -0.2) is 0 Å². The molecule has 1 N–H and O–H groups in total.